The maximum Gasteiger partial charge on any atom is 0.0947 e. The highest BCUT2D eigenvalue weighted by atomic mass is 16.5. The Morgan fingerprint density at radius 1 is 1.56 bits per heavy atom. The number of rotatable bonds is 6. The highest BCUT2D eigenvalue weighted by Gasteiger charge is 2.57. The molecule has 1 fully saturated rings. The van der Waals surface area contributed by atoms with Gasteiger partial charge in [-0.05, 0) is 19.4 Å². The summed E-state index contributed by atoms with van der Waals surface area (Å²) in [5.41, 5.74) is 7.46. The molecule has 4 heteroatoms. The molecule has 1 saturated carbocycles. The van der Waals surface area contributed by atoms with E-state index in [1.807, 2.05) is 13.0 Å². The van der Waals surface area contributed by atoms with E-state index in [2.05, 4.69) is 19.2 Å². The first-order chi connectivity index (χ1) is 8.49. The summed E-state index contributed by atoms with van der Waals surface area (Å²) in [5, 5.41) is 3.41. The van der Waals surface area contributed by atoms with Crippen molar-refractivity contribution in [2.75, 3.05) is 13.2 Å². The molecule has 3 N–H and O–H groups in total. The van der Waals surface area contributed by atoms with Gasteiger partial charge in [0.1, 0.15) is 0 Å². The van der Waals surface area contributed by atoms with Crippen molar-refractivity contribution in [3.05, 3.63) is 24.2 Å². The predicted octanol–water partition coefficient (Wildman–Crippen LogP) is 1.90. The van der Waals surface area contributed by atoms with E-state index in [0.717, 1.165) is 31.7 Å². The van der Waals surface area contributed by atoms with Gasteiger partial charge < -0.3 is 20.2 Å². The van der Waals surface area contributed by atoms with Gasteiger partial charge in [-0.1, -0.05) is 13.8 Å². The smallest absolute Gasteiger partial charge is 0.0947 e. The number of ether oxygens (including phenoxy) is 1. The van der Waals surface area contributed by atoms with E-state index in [1.165, 1.54) is 0 Å². The third-order valence-electron chi connectivity index (χ3n) is 4.36. The molecular weight excluding hydrogens is 228 g/mol. The van der Waals surface area contributed by atoms with E-state index in [1.54, 1.807) is 12.5 Å². The first-order valence-electron chi connectivity index (χ1n) is 6.62. The molecule has 0 aliphatic heterocycles. The Bertz CT molecular complexity index is 375. The lowest BCUT2D eigenvalue weighted by Crippen LogP contribution is -2.73. The fourth-order valence-corrected chi connectivity index (χ4v) is 2.63. The van der Waals surface area contributed by atoms with Gasteiger partial charge in [-0.2, -0.15) is 0 Å². The van der Waals surface area contributed by atoms with Crippen LogP contribution in [0.15, 0.2) is 23.0 Å². The number of hydrogen-bond acceptors (Lipinski definition) is 4. The van der Waals surface area contributed by atoms with Crippen molar-refractivity contribution in [1.29, 1.82) is 0 Å². The van der Waals surface area contributed by atoms with Crippen LogP contribution < -0.4 is 11.1 Å². The molecule has 1 aliphatic carbocycles. The second kappa shape index (κ2) is 5.03. The quantitative estimate of drug-likeness (QED) is 0.812. The Morgan fingerprint density at radius 2 is 2.33 bits per heavy atom. The van der Waals surface area contributed by atoms with Crippen molar-refractivity contribution in [1.82, 2.24) is 5.32 Å². The largest absolute Gasteiger partial charge is 0.472 e. The molecule has 1 heterocycles. The second-order valence-electron chi connectivity index (χ2n) is 5.76. The van der Waals surface area contributed by atoms with Crippen molar-refractivity contribution in [3.8, 4) is 0 Å². The molecule has 2 rings (SSSR count). The molecule has 1 aromatic heterocycles. The molecule has 1 aromatic rings. The zero-order valence-corrected chi connectivity index (χ0v) is 11.5. The Morgan fingerprint density at radius 3 is 2.89 bits per heavy atom. The molecule has 18 heavy (non-hydrogen) atoms. The second-order valence-corrected chi connectivity index (χ2v) is 5.76. The molecule has 0 amide bonds. The molecule has 4 nitrogen and oxygen atoms in total. The maximum atomic E-state index is 6.47. The average molecular weight is 252 g/mol. The summed E-state index contributed by atoms with van der Waals surface area (Å²) in [6.07, 6.45) is 4.65. The van der Waals surface area contributed by atoms with Gasteiger partial charge in [0.15, 0.2) is 0 Å². The lowest BCUT2D eigenvalue weighted by Gasteiger charge is -2.59. The Balaban J connectivity index is 1.82. The molecule has 2 atom stereocenters. The Labute approximate surface area is 109 Å². The number of nitrogens with one attached hydrogen (secondary N) is 1. The summed E-state index contributed by atoms with van der Waals surface area (Å²) >= 11 is 0. The van der Waals surface area contributed by atoms with Crippen LogP contribution in [0.5, 0.6) is 0 Å². The van der Waals surface area contributed by atoms with E-state index in [4.69, 9.17) is 14.9 Å². The molecule has 0 aromatic carbocycles. The summed E-state index contributed by atoms with van der Waals surface area (Å²) in [5.74, 6) is 0. The Hall–Kier alpha value is -0.840. The molecule has 1 aliphatic rings. The van der Waals surface area contributed by atoms with Crippen molar-refractivity contribution in [2.24, 2.45) is 11.1 Å². The zero-order chi connectivity index (χ0) is 13.2. The fourth-order valence-electron chi connectivity index (χ4n) is 2.63. The van der Waals surface area contributed by atoms with Crippen LogP contribution in [0.25, 0.3) is 0 Å². The van der Waals surface area contributed by atoms with Crippen LogP contribution in [0.4, 0.5) is 0 Å². The minimum absolute atomic E-state index is 0.0202. The molecule has 2 unspecified atom stereocenters. The summed E-state index contributed by atoms with van der Waals surface area (Å²) in [6, 6.07) is 1.96. The van der Waals surface area contributed by atoms with Crippen molar-refractivity contribution >= 4 is 0 Å². The summed E-state index contributed by atoms with van der Waals surface area (Å²) < 4.78 is 10.8. The SMILES string of the molecule is CCOC1CC(N)(CNCc2ccoc2)C1(C)C. The molecule has 0 saturated heterocycles. The zero-order valence-electron chi connectivity index (χ0n) is 11.5. The van der Waals surface area contributed by atoms with E-state index in [9.17, 15) is 0 Å². The number of nitrogens with two attached hydrogens (primary N) is 1. The van der Waals surface area contributed by atoms with E-state index >= 15 is 0 Å². The maximum absolute atomic E-state index is 6.47. The Kier molecular flexibility index (Phi) is 3.80. The van der Waals surface area contributed by atoms with Gasteiger partial charge in [0.25, 0.3) is 0 Å². The van der Waals surface area contributed by atoms with E-state index in [-0.39, 0.29) is 17.1 Å². The van der Waals surface area contributed by atoms with Gasteiger partial charge in [0.05, 0.1) is 18.6 Å². The van der Waals surface area contributed by atoms with Crippen molar-refractivity contribution in [2.45, 2.75) is 45.4 Å². The van der Waals surface area contributed by atoms with Gasteiger partial charge >= 0.3 is 0 Å². The van der Waals surface area contributed by atoms with Gasteiger partial charge in [0, 0.05) is 36.2 Å². The standard InChI is InChI=1S/C14H24N2O2/c1-4-18-12-7-14(15,13(12,2)3)10-16-8-11-5-6-17-9-11/h5-6,9,12,16H,4,7-8,10,15H2,1-3H3. The lowest BCUT2D eigenvalue weighted by atomic mass is 9.54. The summed E-state index contributed by atoms with van der Waals surface area (Å²) in [6.45, 7) is 8.77. The predicted molar refractivity (Wildman–Crippen MR) is 71.1 cm³/mol. The van der Waals surface area contributed by atoms with Crippen molar-refractivity contribution < 1.29 is 9.15 Å². The third kappa shape index (κ3) is 2.32. The molecule has 0 radical (unpaired) electrons. The lowest BCUT2D eigenvalue weighted by molar-refractivity contribution is -0.148. The van der Waals surface area contributed by atoms with Crippen LogP contribution in [-0.4, -0.2) is 24.8 Å². The molecule has 102 valence electrons. The van der Waals surface area contributed by atoms with Crippen LogP contribution in [0, 0.1) is 5.41 Å². The molecular formula is C14H24N2O2. The van der Waals surface area contributed by atoms with Gasteiger partial charge in [-0.3, -0.25) is 0 Å². The molecule has 0 bridgehead atoms. The fraction of sp³-hybridized carbons (Fsp3) is 0.714. The van der Waals surface area contributed by atoms with Gasteiger partial charge in [-0.15, -0.1) is 0 Å². The highest BCUT2D eigenvalue weighted by Crippen LogP contribution is 2.49. The minimum Gasteiger partial charge on any atom is -0.472 e. The van der Waals surface area contributed by atoms with Crippen LogP contribution in [0.1, 0.15) is 32.8 Å². The number of hydrogen-bond donors (Lipinski definition) is 2. The summed E-state index contributed by atoms with van der Waals surface area (Å²) in [4.78, 5) is 0. The number of furan rings is 1. The van der Waals surface area contributed by atoms with Crippen molar-refractivity contribution in [3.63, 3.8) is 0 Å². The highest BCUT2D eigenvalue weighted by molar-refractivity contribution is 5.15. The van der Waals surface area contributed by atoms with Crippen LogP contribution in [-0.2, 0) is 11.3 Å². The topological polar surface area (TPSA) is 60.4 Å². The summed E-state index contributed by atoms with van der Waals surface area (Å²) in [7, 11) is 0. The normalized spacial score (nSPS) is 30.1. The monoisotopic (exact) mass is 252 g/mol. The first kappa shape index (κ1) is 13.6. The van der Waals surface area contributed by atoms with Gasteiger partial charge in [0.2, 0.25) is 0 Å². The van der Waals surface area contributed by atoms with E-state index < -0.39 is 0 Å². The van der Waals surface area contributed by atoms with Gasteiger partial charge in [-0.25, -0.2) is 0 Å². The van der Waals surface area contributed by atoms with E-state index in [0.29, 0.717) is 0 Å². The third-order valence-corrected chi connectivity index (χ3v) is 4.36. The van der Waals surface area contributed by atoms with Crippen LogP contribution in [0.2, 0.25) is 0 Å². The van der Waals surface area contributed by atoms with Crippen LogP contribution in [0.3, 0.4) is 0 Å². The first-order valence-corrected chi connectivity index (χ1v) is 6.62. The molecule has 0 spiro atoms. The van der Waals surface area contributed by atoms with Crippen LogP contribution >= 0.6 is 0 Å². The minimum atomic E-state index is -0.184. The average Bonchev–Trinajstić information content (AvgIpc) is 2.82.